The van der Waals surface area contributed by atoms with Crippen LogP contribution in [0, 0.1) is 11.8 Å². The average molecular weight is 315 g/mol. The first-order valence-corrected chi connectivity index (χ1v) is 6.98. The van der Waals surface area contributed by atoms with Crippen LogP contribution in [0.2, 0.25) is 5.02 Å². The molecule has 0 aliphatic heterocycles. The third-order valence-electron chi connectivity index (χ3n) is 2.61. The average Bonchev–Trinajstić information content (AvgIpc) is 2.42. The van der Waals surface area contributed by atoms with Crippen LogP contribution in [0.4, 0.5) is 0 Å². The number of carboxylic acid groups (broad SMARTS) is 1. The Kier molecular flexibility index (Phi) is 6.42. The number of carboxylic acids is 1. The Hall–Kier alpha value is -1.82. The Morgan fingerprint density at radius 3 is 2.62 bits per heavy atom. The lowest BCUT2D eigenvalue weighted by atomic mass is 10.2. The third kappa shape index (κ3) is 5.59. The minimum atomic E-state index is -0.969. The van der Waals surface area contributed by atoms with E-state index in [1.807, 2.05) is 13.8 Å². The van der Waals surface area contributed by atoms with Crippen molar-refractivity contribution >= 4 is 23.5 Å². The molecule has 0 aliphatic rings. The van der Waals surface area contributed by atoms with Gasteiger partial charge >= 0.3 is 5.97 Å². The zero-order valence-electron chi connectivity index (χ0n) is 12.2. The van der Waals surface area contributed by atoms with Crippen molar-refractivity contribution in [2.75, 3.05) is 13.2 Å². The fraction of sp³-hybridized carbons (Fsp3) is 0.500. The molecule has 1 unspecified atom stereocenters. The van der Waals surface area contributed by atoms with Gasteiger partial charge in [0.1, 0.15) is 5.02 Å². The van der Waals surface area contributed by atoms with Gasteiger partial charge in [0.15, 0.2) is 0 Å². The van der Waals surface area contributed by atoms with Gasteiger partial charge in [-0.1, -0.05) is 32.4 Å². The van der Waals surface area contributed by atoms with Crippen molar-refractivity contribution in [3.63, 3.8) is 0 Å². The highest BCUT2D eigenvalue weighted by Gasteiger charge is 2.15. The van der Waals surface area contributed by atoms with E-state index >= 15 is 0 Å². The predicted octanol–water partition coefficient (Wildman–Crippen LogP) is 2.22. The standard InChI is InChI=1S/C14H19ClN2O4/c1-8(2)7-21-13-11(15)4-10(6-17-13)12(18)16-5-9(3)14(19)20/h4,6,8-9H,5,7H2,1-3H3,(H,16,18)(H,19,20). The van der Waals surface area contributed by atoms with Crippen molar-refractivity contribution < 1.29 is 19.4 Å². The lowest BCUT2D eigenvalue weighted by molar-refractivity contribution is -0.140. The smallest absolute Gasteiger partial charge is 0.308 e. The van der Waals surface area contributed by atoms with Crippen LogP contribution in [0.1, 0.15) is 31.1 Å². The van der Waals surface area contributed by atoms with Gasteiger partial charge in [0.05, 0.1) is 18.1 Å². The number of carbonyl (C=O) groups is 2. The summed E-state index contributed by atoms with van der Waals surface area (Å²) in [6.07, 6.45) is 1.35. The number of nitrogens with zero attached hydrogens (tertiary/aromatic N) is 1. The topological polar surface area (TPSA) is 88.5 Å². The van der Waals surface area contributed by atoms with Crippen molar-refractivity contribution in [3.8, 4) is 5.88 Å². The second-order valence-corrected chi connectivity index (χ2v) is 5.57. The van der Waals surface area contributed by atoms with Crippen LogP contribution in [0.15, 0.2) is 12.3 Å². The van der Waals surface area contributed by atoms with E-state index < -0.39 is 17.8 Å². The molecule has 1 rings (SSSR count). The van der Waals surface area contributed by atoms with Crippen molar-refractivity contribution in [1.29, 1.82) is 0 Å². The fourth-order valence-corrected chi connectivity index (χ4v) is 1.56. The molecule has 0 aliphatic carbocycles. The summed E-state index contributed by atoms with van der Waals surface area (Å²) >= 11 is 6.01. The lowest BCUT2D eigenvalue weighted by Crippen LogP contribution is -2.31. The summed E-state index contributed by atoms with van der Waals surface area (Å²) in [5, 5.41) is 11.5. The number of amides is 1. The molecule has 0 fully saturated rings. The maximum atomic E-state index is 11.9. The summed E-state index contributed by atoms with van der Waals surface area (Å²) in [7, 11) is 0. The van der Waals surface area contributed by atoms with E-state index in [4.69, 9.17) is 21.4 Å². The minimum absolute atomic E-state index is 0.0391. The molecule has 21 heavy (non-hydrogen) atoms. The van der Waals surface area contributed by atoms with E-state index in [1.165, 1.54) is 19.2 Å². The Morgan fingerprint density at radius 2 is 2.10 bits per heavy atom. The third-order valence-corrected chi connectivity index (χ3v) is 2.88. The maximum Gasteiger partial charge on any atom is 0.308 e. The van der Waals surface area contributed by atoms with Crippen molar-refractivity contribution in [3.05, 3.63) is 22.8 Å². The Bertz CT molecular complexity index is 520. The van der Waals surface area contributed by atoms with E-state index in [0.29, 0.717) is 12.5 Å². The predicted molar refractivity (Wildman–Crippen MR) is 78.7 cm³/mol. The van der Waals surface area contributed by atoms with Crippen molar-refractivity contribution in [2.24, 2.45) is 11.8 Å². The highest BCUT2D eigenvalue weighted by Crippen LogP contribution is 2.22. The monoisotopic (exact) mass is 314 g/mol. The Morgan fingerprint density at radius 1 is 1.43 bits per heavy atom. The molecule has 0 bridgehead atoms. The molecule has 1 heterocycles. The van der Waals surface area contributed by atoms with Gasteiger partial charge in [-0.05, 0) is 12.0 Å². The maximum absolute atomic E-state index is 11.9. The fourth-order valence-electron chi connectivity index (χ4n) is 1.34. The van der Waals surface area contributed by atoms with Gasteiger partial charge in [-0.25, -0.2) is 4.98 Å². The van der Waals surface area contributed by atoms with Crippen LogP contribution in [0.25, 0.3) is 0 Å². The first-order valence-electron chi connectivity index (χ1n) is 6.60. The van der Waals surface area contributed by atoms with E-state index in [9.17, 15) is 9.59 Å². The van der Waals surface area contributed by atoms with Crippen molar-refractivity contribution in [1.82, 2.24) is 10.3 Å². The summed E-state index contributed by atoms with van der Waals surface area (Å²) in [6, 6.07) is 1.45. The molecule has 1 aromatic rings. The largest absolute Gasteiger partial charge is 0.481 e. The molecule has 1 amide bonds. The molecule has 1 atom stereocenters. The van der Waals surface area contributed by atoms with Crippen molar-refractivity contribution in [2.45, 2.75) is 20.8 Å². The number of rotatable bonds is 7. The molecule has 0 saturated heterocycles. The van der Waals surface area contributed by atoms with Gasteiger partial charge in [0.2, 0.25) is 5.88 Å². The number of ether oxygens (including phenoxy) is 1. The minimum Gasteiger partial charge on any atom is -0.481 e. The van der Waals surface area contributed by atoms with Gasteiger partial charge in [-0.3, -0.25) is 9.59 Å². The Labute approximate surface area is 128 Å². The van der Waals surface area contributed by atoms with Crippen LogP contribution in [0.3, 0.4) is 0 Å². The lowest BCUT2D eigenvalue weighted by Gasteiger charge is -2.11. The summed E-state index contributed by atoms with van der Waals surface area (Å²) < 4.78 is 5.41. The first kappa shape index (κ1) is 17.2. The van der Waals surface area contributed by atoms with Crippen LogP contribution in [0.5, 0.6) is 5.88 Å². The molecular formula is C14H19ClN2O4. The molecule has 6 nitrogen and oxygen atoms in total. The quantitative estimate of drug-likeness (QED) is 0.805. The van der Waals surface area contributed by atoms with Gasteiger partial charge < -0.3 is 15.2 Å². The first-order chi connectivity index (χ1) is 9.81. The number of carbonyl (C=O) groups excluding carboxylic acids is 1. The highest BCUT2D eigenvalue weighted by atomic mass is 35.5. The van der Waals surface area contributed by atoms with E-state index in [1.54, 1.807) is 0 Å². The molecule has 0 radical (unpaired) electrons. The number of hydrogen-bond acceptors (Lipinski definition) is 4. The molecule has 0 spiro atoms. The second kappa shape index (κ2) is 7.83. The highest BCUT2D eigenvalue weighted by molar-refractivity contribution is 6.32. The zero-order valence-corrected chi connectivity index (χ0v) is 13.0. The summed E-state index contributed by atoms with van der Waals surface area (Å²) in [5.74, 6) is -1.44. The van der Waals surface area contributed by atoms with Crippen LogP contribution >= 0.6 is 11.6 Å². The molecule has 7 heteroatoms. The van der Waals surface area contributed by atoms with Crippen LogP contribution in [-0.4, -0.2) is 35.1 Å². The number of nitrogens with one attached hydrogen (secondary N) is 1. The SMILES string of the molecule is CC(C)COc1ncc(C(=O)NCC(C)C(=O)O)cc1Cl. The number of pyridine rings is 1. The van der Waals surface area contributed by atoms with E-state index in [0.717, 1.165) is 0 Å². The van der Waals surface area contributed by atoms with E-state index in [2.05, 4.69) is 10.3 Å². The van der Waals surface area contributed by atoms with Crippen LogP contribution < -0.4 is 10.1 Å². The molecule has 1 aromatic heterocycles. The molecule has 0 saturated carbocycles. The van der Waals surface area contributed by atoms with Gasteiger partial charge in [-0.15, -0.1) is 0 Å². The second-order valence-electron chi connectivity index (χ2n) is 5.17. The van der Waals surface area contributed by atoms with Crippen LogP contribution in [-0.2, 0) is 4.79 Å². The Balaban J connectivity index is 2.65. The van der Waals surface area contributed by atoms with Gasteiger partial charge in [0, 0.05) is 12.7 Å². The summed E-state index contributed by atoms with van der Waals surface area (Å²) in [6.45, 7) is 6.03. The summed E-state index contributed by atoms with van der Waals surface area (Å²) in [4.78, 5) is 26.5. The molecule has 0 aromatic carbocycles. The molecule has 2 N–H and O–H groups in total. The number of hydrogen-bond donors (Lipinski definition) is 2. The number of halogens is 1. The number of aromatic nitrogens is 1. The summed E-state index contributed by atoms with van der Waals surface area (Å²) in [5.41, 5.74) is 0.259. The van der Waals surface area contributed by atoms with Gasteiger partial charge in [0.25, 0.3) is 5.91 Å². The number of aliphatic carboxylic acids is 1. The normalized spacial score (nSPS) is 12.0. The van der Waals surface area contributed by atoms with Gasteiger partial charge in [-0.2, -0.15) is 0 Å². The zero-order chi connectivity index (χ0) is 16.0. The molecule has 116 valence electrons. The van der Waals surface area contributed by atoms with E-state index in [-0.39, 0.29) is 23.0 Å². The molecular weight excluding hydrogens is 296 g/mol.